The number of anilines is 2. The number of nitro benzene ring substituents is 1. The van der Waals surface area contributed by atoms with E-state index in [4.69, 9.17) is 14.2 Å². The van der Waals surface area contributed by atoms with Gasteiger partial charge in [-0.3, -0.25) is 19.8 Å². The average Bonchev–Trinajstić information content (AvgIpc) is 4.10. The molecule has 2 aliphatic carbocycles. The lowest BCUT2D eigenvalue weighted by Gasteiger charge is -2.56. The highest BCUT2D eigenvalue weighted by Crippen LogP contribution is 2.55. The molecule has 1 atom stereocenters. The summed E-state index contributed by atoms with van der Waals surface area (Å²) in [5.74, 6) is -1.82. The second kappa shape index (κ2) is 17.8. The zero-order valence-corrected chi connectivity index (χ0v) is 39.4. The van der Waals surface area contributed by atoms with Crippen molar-refractivity contribution in [1.29, 1.82) is 0 Å². The van der Waals surface area contributed by atoms with E-state index in [9.17, 15) is 28.4 Å². The Bertz CT molecular complexity index is 2860. The van der Waals surface area contributed by atoms with Crippen LogP contribution in [0.1, 0.15) is 118 Å². The SMILES string of the molecule is CC(C)c1ccccc1[C@@H]1CCCN1C1CC2(CCN(c3cc(Oc4cnc5[nH]ccc5c4)c(C(=O)NS(=O)(=O)c4cc([N+](=O)[O-])c(NCC5CCC(C)(O)CC5)c5c4OCO5)cc3F)CC2)C1. The number of hydrogen-bond acceptors (Lipinski definition) is 13. The number of H-pyrrole nitrogens is 1. The first kappa shape index (κ1) is 45.8. The molecule has 68 heavy (non-hydrogen) atoms. The molecule has 0 unspecified atom stereocenters. The summed E-state index contributed by atoms with van der Waals surface area (Å²) in [6.07, 6.45) is 11.9. The van der Waals surface area contributed by atoms with Crippen LogP contribution in [0, 0.1) is 27.3 Å². The highest BCUT2D eigenvalue weighted by molar-refractivity contribution is 7.90. The normalized spacial score (nSPS) is 22.7. The number of nitro groups is 1. The van der Waals surface area contributed by atoms with Gasteiger partial charge in [-0.05, 0) is 124 Å². The first-order valence-electron chi connectivity index (χ1n) is 23.8. The fourth-order valence-corrected chi connectivity index (χ4v) is 12.5. The number of aliphatic hydroxyl groups is 1. The molecule has 0 radical (unpaired) electrons. The van der Waals surface area contributed by atoms with Crippen LogP contribution in [-0.2, 0) is 10.0 Å². The lowest BCUT2D eigenvalue weighted by atomic mass is 9.59. The summed E-state index contributed by atoms with van der Waals surface area (Å²) in [5, 5.41) is 26.6. The molecule has 3 aromatic carbocycles. The van der Waals surface area contributed by atoms with Crippen molar-refractivity contribution in [2.45, 2.75) is 113 Å². The first-order chi connectivity index (χ1) is 32.6. The van der Waals surface area contributed by atoms with Gasteiger partial charge in [-0.2, -0.15) is 0 Å². The number of carbonyl (C=O) groups excluding carboxylic acids is 1. The van der Waals surface area contributed by atoms with E-state index in [2.05, 4.69) is 58.3 Å². The van der Waals surface area contributed by atoms with Crippen LogP contribution < -0.4 is 29.1 Å². The molecular weight excluding hydrogens is 894 g/mol. The van der Waals surface area contributed by atoms with Gasteiger partial charge in [-0.1, -0.05) is 38.1 Å². The molecule has 360 valence electrons. The number of hydrogen-bond donors (Lipinski definition) is 4. The summed E-state index contributed by atoms with van der Waals surface area (Å²) in [5.41, 5.74) is 1.98. The predicted molar refractivity (Wildman–Crippen MR) is 254 cm³/mol. The molecule has 2 aromatic heterocycles. The van der Waals surface area contributed by atoms with E-state index >= 15 is 4.39 Å². The number of pyridine rings is 1. The van der Waals surface area contributed by atoms with Crippen molar-refractivity contribution in [2.24, 2.45) is 11.3 Å². The number of ether oxygens (including phenoxy) is 3. The van der Waals surface area contributed by atoms with Crippen LogP contribution in [0.25, 0.3) is 11.0 Å². The Balaban J connectivity index is 0.883. The Kier molecular flexibility index (Phi) is 12.0. The van der Waals surface area contributed by atoms with Crippen LogP contribution in [0.3, 0.4) is 0 Å². The number of fused-ring (bicyclic) bond motifs is 2. The van der Waals surface area contributed by atoms with Crippen LogP contribution in [0.4, 0.5) is 21.5 Å². The molecule has 4 N–H and O–H groups in total. The van der Waals surface area contributed by atoms with Gasteiger partial charge in [-0.15, -0.1) is 0 Å². The third-order valence-electron chi connectivity index (χ3n) is 15.2. The van der Waals surface area contributed by atoms with Gasteiger partial charge >= 0.3 is 0 Å². The summed E-state index contributed by atoms with van der Waals surface area (Å²) < 4.78 is 64.3. The van der Waals surface area contributed by atoms with Gasteiger partial charge in [0, 0.05) is 55.4 Å². The minimum Gasteiger partial charge on any atom is -0.455 e. The number of nitrogens with zero attached hydrogens (tertiary/aromatic N) is 4. The second-order valence-corrected chi connectivity index (χ2v) is 21.7. The summed E-state index contributed by atoms with van der Waals surface area (Å²) in [6.45, 7) is 8.43. The fraction of sp³-hybridized carbons (Fsp3) is 0.480. The van der Waals surface area contributed by atoms with E-state index in [0.717, 1.165) is 50.8 Å². The fourth-order valence-electron chi connectivity index (χ4n) is 11.4. The molecule has 5 aromatic rings. The van der Waals surface area contributed by atoms with Crippen LogP contribution in [-0.4, -0.2) is 83.8 Å². The molecular formula is C50H58FN7O9S. The van der Waals surface area contributed by atoms with Crippen molar-refractivity contribution in [3.8, 4) is 23.0 Å². The van der Waals surface area contributed by atoms with Crippen molar-refractivity contribution in [3.63, 3.8) is 0 Å². The molecule has 4 fully saturated rings. The molecule has 1 amide bonds. The number of piperidine rings is 1. The van der Waals surface area contributed by atoms with Crippen molar-refractivity contribution in [1.82, 2.24) is 19.6 Å². The number of halogens is 1. The van der Waals surface area contributed by atoms with Crippen molar-refractivity contribution in [2.75, 3.05) is 43.2 Å². The maximum absolute atomic E-state index is 16.5. The number of rotatable bonds is 13. The molecule has 1 spiro atoms. The van der Waals surface area contributed by atoms with E-state index in [1.165, 1.54) is 29.8 Å². The number of aromatic amines is 1. The summed E-state index contributed by atoms with van der Waals surface area (Å²) in [4.78, 5) is 37.3. The number of nitrogens with one attached hydrogen (secondary N) is 3. The maximum Gasteiger partial charge on any atom is 0.297 e. The Morgan fingerprint density at radius 3 is 2.54 bits per heavy atom. The van der Waals surface area contributed by atoms with E-state index in [1.807, 2.05) is 9.62 Å². The smallest absolute Gasteiger partial charge is 0.297 e. The largest absolute Gasteiger partial charge is 0.455 e. The Morgan fingerprint density at radius 2 is 1.79 bits per heavy atom. The minimum absolute atomic E-state index is 0.0595. The molecule has 5 aliphatic rings. The van der Waals surface area contributed by atoms with Gasteiger partial charge in [0.25, 0.3) is 21.6 Å². The second-order valence-electron chi connectivity index (χ2n) is 20.1. The van der Waals surface area contributed by atoms with Crippen molar-refractivity contribution < 1.29 is 41.8 Å². The molecule has 3 aliphatic heterocycles. The number of sulfonamides is 1. The average molecular weight is 952 g/mol. The third-order valence-corrected chi connectivity index (χ3v) is 16.5. The van der Waals surface area contributed by atoms with E-state index in [1.54, 1.807) is 25.3 Å². The van der Waals surface area contributed by atoms with Crippen LogP contribution in [0.15, 0.2) is 71.9 Å². The number of amides is 1. The Morgan fingerprint density at radius 1 is 1.04 bits per heavy atom. The van der Waals surface area contributed by atoms with Gasteiger partial charge < -0.3 is 34.5 Å². The molecule has 5 heterocycles. The minimum atomic E-state index is -4.93. The highest BCUT2D eigenvalue weighted by Gasteiger charge is 2.50. The Hall–Kier alpha value is -5.98. The van der Waals surface area contributed by atoms with Crippen LogP contribution >= 0.6 is 0 Å². The van der Waals surface area contributed by atoms with Gasteiger partial charge in [0.1, 0.15) is 27.9 Å². The number of benzene rings is 3. The lowest BCUT2D eigenvalue weighted by Crippen LogP contribution is -2.55. The van der Waals surface area contributed by atoms with Crippen LogP contribution in [0.2, 0.25) is 0 Å². The first-order valence-corrected chi connectivity index (χ1v) is 25.2. The molecule has 16 nitrogen and oxygen atoms in total. The number of likely N-dealkylation sites (tertiary alicyclic amines) is 1. The van der Waals surface area contributed by atoms with Gasteiger partial charge in [0.15, 0.2) is 17.2 Å². The van der Waals surface area contributed by atoms with Crippen LogP contribution in [0.5, 0.6) is 23.0 Å². The van der Waals surface area contributed by atoms with Gasteiger partial charge in [0.2, 0.25) is 6.79 Å². The number of carbonyl (C=O) groups is 1. The zero-order valence-electron chi connectivity index (χ0n) is 38.6. The molecule has 0 bridgehead atoms. The van der Waals surface area contributed by atoms with E-state index < -0.39 is 55.2 Å². The lowest BCUT2D eigenvalue weighted by molar-refractivity contribution is -0.384. The zero-order chi connectivity index (χ0) is 47.5. The van der Waals surface area contributed by atoms with Gasteiger partial charge in [-0.25, -0.2) is 22.5 Å². The van der Waals surface area contributed by atoms with Gasteiger partial charge in [0.05, 0.1) is 28.0 Å². The maximum atomic E-state index is 16.5. The van der Waals surface area contributed by atoms with Crippen molar-refractivity contribution >= 4 is 44.0 Å². The quantitative estimate of drug-likeness (QED) is 0.0643. The topological polar surface area (TPSA) is 201 Å². The third kappa shape index (κ3) is 8.81. The molecule has 2 saturated heterocycles. The van der Waals surface area contributed by atoms with Crippen molar-refractivity contribution in [3.05, 3.63) is 99.6 Å². The highest BCUT2D eigenvalue weighted by atomic mass is 32.2. The standard InChI is InChI=1S/C50H58FN7O9S/c1-30(2)35-7-4-5-8-36(35)39-9-6-18-57(39)33-25-50(26-33)15-19-56(20-16-50)40-23-42(67-34-21-32-12-17-52-47(32)54-28-34)37(22-38(40)51)48(59)55-68(63,64)43-24-41(58(61)62)44(46-45(43)65-29-66-46)53-27-31-10-13-49(3,60)14-11-31/h4-5,7-8,12,17,21-24,28,30-31,33,39,53,60H,6,9-11,13-16,18-20,25-27,29H2,1-3H3,(H,52,54)(H,55,59)/t31?,39-,49?/m0/s1. The van der Waals surface area contributed by atoms with E-state index in [-0.39, 0.29) is 45.7 Å². The number of aromatic nitrogens is 2. The molecule has 2 saturated carbocycles. The monoisotopic (exact) mass is 951 g/mol. The van der Waals surface area contributed by atoms with E-state index in [0.29, 0.717) is 74.4 Å². The molecule has 18 heteroatoms. The summed E-state index contributed by atoms with van der Waals surface area (Å²) in [6, 6.07) is 16.5. The Labute approximate surface area is 394 Å². The summed E-state index contributed by atoms with van der Waals surface area (Å²) in [7, 11) is -4.93. The predicted octanol–water partition coefficient (Wildman–Crippen LogP) is 9.31. The summed E-state index contributed by atoms with van der Waals surface area (Å²) >= 11 is 0. The molecule has 10 rings (SSSR count).